The van der Waals surface area contributed by atoms with Crippen LogP contribution in [0.4, 0.5) is 0 Å². The predicted octanol–water partition coefficient (Wildman–Crippen LogP) is 3.56. The highest BCUT2D eigenvalue weighted by Crippen LogP contribution is 2.41. The third-order valence-corrected chi connectivity index (χ3v) is 7.58. The van der Waals surface area contributed by atoms with Crippen molar-refractivity contribution >= 4 is 23.6 Å². The summed E-state index contributed by atoms with van der Waals surface area (Å²) in [6.45, 7) is 3.27. The second-order valence-electron chi connectivity index (χ2n) is 8.57. The van der Waals surface area contributed by atoms with Crippen LogP contribution in [0.15, 0.2) is 30.3 Å². The molecule has 27 heavy (non-hydrogen) atoms. The smallest absolute Gasteiger partial charge is 0.232 e. The Morgan fingerprint density at radius 1 is 1.11 bits per heavy atom. The average Bonchev–Trinajstić information content (AvgIpc) is 3.51. The molecule has 5 heteroatoms. The van der Waals surface area contributed by atoms with Crippen molar-refractivity contribution in [2.75, 3.05) is 31.1 Å². The van der Waals surface area contributed by atoms with Gasteiger partial charge >= 0.3 is 0 Å². The number of hydrogen-bond acceptors (Lipinski definition) is 3. The highest BCUT2D eigenvalue weighted by molar-refractivity contribution is 7.99. The molecule has 1 aromatic carbocycles. The van der Waals surface area contributed by atoms with Crippen molar-refractivity contribution in [2.24, 2.45) is 11.3 Å². The highest BCUT2D eigenvalue weighted by Gasteiger charge is 2.41. The summed E-state index contributed by atoms with van der Waals surface area (Å²) in [5.74, 6) is 3.26. The highest BCUT2D eigenvalue weighted by atomic mass is 32.2. The van der Waals surface area contributed by atoms with E-state index in [9.17, 15) is 9.59 Å². The maximum Gasteiger partial charge on any atom is 0.232 e. The molecule has 0 aromatic heterocycles. The number of carbonyl (C=O) groups is 2. The average molecular weight is 387 g/mol. The first-order chi connectivity index (χ1) is 13.1. The standard InChI is InChI=1S/C22H30N2O2S/c25-20-8-9-22(17-24(20)14-18-4-2-1-3-5-18)10-12-23(13-11-22)21(26)16-27-15-19-6-7-19/h1-5,19H,6-17H2. The van der Waals surface area contributed by atoms with Crippen LogP contribution in [0.25, 0.3) is 0 Å². The van der Waals surface area contributed by atoms with E-state index in [0.29, 0.717) is 24.6 Å². The third kappa shape index (κ3) is 4.87. The molecule has 2 amide bonds. The van der Waals surface area contributed by atoms with Crippen LogP contribution < -0.4 is 0 Å². The van der Waals surface area contributed by atoms with E-state index in [1.54, 1.807) is 0 Å². The van der Waals surface area contributed by atoms with Gasteiger partial charge in [-0.3, -0.25) is 9.59 Å². The van der Waals surface area contributed by atoms with Gasteiger partial charge in [-0.05, 0) is 54.8 Å². The van der Waals surface area contributed by atoms with Crippen molar-refractivity contribution in [3.8, 4) is 0 Å². The van der Waals surface area contributed by atoms with Gasteiger partial charge in [0.05, 0.1) is 5.75 Å². The van der Waals surface area contributed by atoms with Crippen LogP contribution in [-0.2, 0) is 16.1 Å². The fourth-order valence-electron chi connectivity index (χ4n) is 4.38. The van der Waals surface area contributed by atoms with E-state index < -0.39 is 0 Å². The summed E-state index contributed by atoms with van der Waals surface area (Å²) in [6.07, 6.45) is 6.40. The van der Waals surface area contributed by atoms with E-state index >= 15 is 0 Å². The number of benzene rings is 1. The zero-order valence-electron chi connectivity index (χ0n) is 16.1. The maximum absolute atomic E-state index is 12.5. The molecule has 1 aromatic rings. The van der Waals surface area contributed by atoms with Crippen LogP contribution in [0.1, 0.15) is 44.1 Å². The van der Waals surface area contributed by atoms with Gasteiger partial charge in [0.25, 0.3) is 0 Å². The molecular formula is C22H30N2O2S. The van der Waals surface area contributed by atoms with Gasteiger partial charge in [-0.1, -0.05) is 30.3 Å². The summed E-state index contributed by atoms with van der Waals surface area (Å²) < 4.78 is 0. The van der Waals surface area contributed by atoms with Gasteiger partial charge in [0.2, 0.25) is 11.8 Å². The molecule has 0 N–H and O–H groups in total. The minimum atomic E-state index is 0.209. The summed E-state index contributed by atoms with van der Waals surface area (Å²) in [6, 6.07) is 10.3. The van der Waals surface area contributed by atoms with Crippen molar-refractivity contribution in [3.05, 3.63) is 35.9 Å². The molecule has 0 bridgehead atoms. The lowest BCUT2D eigenvalue weighted by Crippen LogP contribution is -2.52. The lowest BCUT2D eigenvalue weighted by atomic mass is 9.72. The van der Waals surface area contributed by atoms with Crippen molar-refractivity contribution in [2.45, 2.75) is 45.1 Å². The fourth-order valence-corrected chi connectivity index (χ4v) is 5.52. The van der Waals surface area contributed by atoms with Crippen molar-refractivity contribution in [1.29, 1.82) is 0 Å². The van der Waals surface area contributed by atoms with Gasteiger partial charge in [-0.15, -0.1) is 0 Å². The zero-order chi connectivity index (χ0) is 18.7. The minimum absolute atomic E-state index is 0.209. The SMILES string of the molecule is O=C(CSCC1CC1)N1CCC2(CCC(=O)N(Cc3ccccc3)C2)CC1. The molecule has 2 saturated heterocycles. The van der Waals surface area contributed by atoms with Gasteiger partial charge in [0, 0.05) is 32.6 Å². The largest absolute Gasteiger partial charge is 0.342 e. The number of nitrogens with zero attached hydrogens (tertiary/aromatic N) is 2. The van der Waals surface area contributed by atoms with E-state index in [-0.39, 0.29) is 11.3 Å². The van der Waals surface area contributed by atoms with E-state index in [4.69, 9.17) is 0 Å². The number of rotatable bonds is 6. The number of piperidine rings is 2. The van der Waals surface area contributed by atoms with Gasteiger partial charge < -0.3 is 9.80 Å². The Balaban J connectivity index is 1.28. The number of thioether (sulfide) groups is 1. The fraction of sp³-hybridized carbons (Fsp3) is 0.636. The molecule has 0 radical (unpaired) electrons. The van der Waals surface area contributed by atoms with E-state index in [1.807, 2.05) is 34.9 Å². The Hall–Kier alpha value is -1.49. The van der Waals surface area contributed by atoms with Crippen LogP contribution >= 0.6 is 11.8 Å². The number of carbonyl (C=O) groups excluding carboxylic acids is 2. The summed E-state index contributed by atoms with van der Waals surface area (Å²) in [7, 11) is 0. The van der Waals surface area contributed by atoms with Crippen LogP contribution in [-0.4, -0.2) is 52.8 Å². The molecule has 3 aliphatic rings. The van der Waals surface area contributed by atoms with Gasteiger partial charge in [-0.2, -0.15) is 11.8 Å². The molecule has 0 unspecified atom stereocenters. The maximum atomic E-state index is 12.5. The Morgan fingerprint density at radius 3 is 2.56 bits per heavy atom. The van der Waals surface area contributed by atoms with Crippen LogP contribution in [0.5, 0.6) is 0 Å². The molecule has 3 fully saturated rings. The van der Waals surface area contributed by atoms with E-state index in [1.165, 1.54) is 18.4 Å². The van der Waals surface area contributed by atoms with E-state index in [0.717, 1.165) is 50.6 Å². The molecule has 0 atom stereocenters. The van der Waals surface area contributed by atoms with Gasteiger partial charge in [0.15, 0.2) is 0 Å². The second kappa shape index (κ2) is 8.26. The minimum Gasteiger partial charge on any atom is -0.342 e. The quantitative estimate of drug-likeness (QED) is 0.751. The molecule has 2 heterocycles. The van der Waals surface area contributed by atoms with Crippen molar-refractivity contribution < 1.29 is 9.59 Å². The molecule has 4 rings (SSSR count). The normalized spacial score (nSPS) is 22.3. The predicted molar refractivity (Wildman–Crippen MR) is 109 cm³/mol. The summed E-state index contributed by atoms with van der Waals surface area (Å²) >= 11 is 1.81. The number of hydrogen-bond donors (Lipinski definition) is 0. The third-order valence-electron chi connectivity index (χ3n) is 6.42. The van der Waals surface area contributed by atoms with Crippen LogP contribution in [0, 0.1) is 11.3 Å². The molecule has 1 aliphatic carbocycles. The first-order valence-electron chi connectivity index (χ1n) is 10.3. The monoisotopic (exact) mass is 386 g/mol. The Labute approximate surface area is 166 Å². The van der Waals surface area contributed by atoms with E-state index in [2.05, 4.69) is 17.0 Å². The Kier molecular flexibility index (Phi) is 5.76. The number of likely N-dealkylation sites (tertiary alicyclic amines) is 2. The Morgan fingerprint density at radius 2 is 1.85 bits per heavy atom. The van der Waals surface area contributed by atoms with Crippen molar-refractivity contribution in [1.82, 2.24) is 9.80 Å². The first kappa shape index (κ1) is 18.9. The Bertz CT molecular complexity index is 666. The molecule has 146 valence electrons. The lowest BCUT2D eigenvalue weighted by Gasteiger charge is -2.47. The molecular weight excluding hydrogens is 356 g/mol. The van der Waals surface area contributed by atoms with Crippen LogP contribution in [0.2, 0.25) is 0 Å². The molecule has 4 nitrogen and oxygen atoms in total. The molecule has 1 saturated carbocycles. The van der Waals surface area contributed by atoms with Crippen molar-refractivity contribution in [3.63, 3.8) is 0 Å². The first-order valence-corrected chi connectivity index (χ1v) is 11.5. The molecule has 2 aliphatic heterocycles. The van der Waals surface area contributed by atoms with Gasteiger partial charge in [0.1, 0.15) is 0 Å². The zero-order valence-corrected chi connectivity index (χ0v) is 16.9. The summed E-state index contributed by atoms with van der Waals surface area (Å²) in [5, 5.41) is 0. The van der Waals surface area contributed by atoms with Gasteiger partial charge in [-0.25, -0.2) is 0 Å². The molecule has 1 spiro atoms. The second-order valence-corrected chi connectivity index (χ2v) is 9.60. The lowest BCUT2D eigenvalue weighted by molar-refractivity contribution is -0.142. The van der Waals surface area contributed by atoms with Crippen LogP contribution in [0.3, 0.4) is 0 Å². The summed E-state index contributed by atoms with van der Waals surface area (Å²) in [4.78, 5) is 29.0. The number of amides is 2. The summed E-state index contributed by atoms with van der Waals surface area (Å²) in [5.41, 5.74) is 1.41. The topological polar surface area (TPSA) is 40.6 Å².